The summed E-state index contributed by atoms with van der Waals surface area (Å²) in [4.78, 5) is 15.6. The lowest BCUT2D eigenvalue weighted by Gasteiger charge is -2.04. The van der Waals surface area contributed by atoms with Gasteiger partial charge in [-0.2, -0.15) is 0 Å². The molecule has 0 saturated heterocycles. The predicted octanol–water partition coefficient (Wildman–Crippen LogP) is 2.39. The summed E-state index contributed by atoms with van der Waals surface area (Å²) < 4.78 is 0.528. The number of amides is 1. The van der Waals surface area contributed by atoms with Gasteiger partial charge in [0.05, 0.1) is 10.6 Å². The van der Waals surface area contributed by atoms with Crippen LogP contribution in [0.15, 0.2) is 16.9 Å². The van der Waals surface area contributed by atoms with Gasteiger partial charge in [0.2, 0.25) is 0 Å². The maximum absolute atomic E-state index is 11.6. The van der Waals surface area contributed by atoms with Gasteiger partial charge in [-0.3, -0.25) is 4.79 Å². The minimum absolute atomic E-state index is 0.116. The van der Waals surface area contributed by atoms with Crippen LogP contribution in [0.4, 0.5) is 0 Å². The van der Waals surface area contributed by atoms with Crippen molar-refractivity contribution in [3.63, 3.8) is 0 Å². The summed E-state index contributed by atoms with van der Waals surface area (Å²) in [6.45, 7) is 0. The SMILES string of the molecule is O=C(NC1CC1)c1cc(Cl)cnc1Br. The second-order valence-corrected chi connectivity index (χ2v) is 4.43. The zero-order valence-electron chi connectivity index (χ0n) is 7.26. The molecular formula is C9H8BrClN2O. The first-order chi connectivity index (χ1) is 6.66. The molecule has 1 heterocycles. The van der Waals surface area contributed by atoms with Crippen LogP contribution in [-0.2, 0) is 0 Å². The van der Waals surface area contributed by atoms with Gasteiger partial charge < -0.3 is 5.32 Å². The van der Waals surface area contributed by atoms with Gasteiger partial charge in [0.1, 0.15) is 4.60 Å². The first-order valence-corrected chi connectivity index (χ1v) is 5.46. The number of pyridine rings is 1. The lowest BCUT2D eigenvalue weighted by Crippen LogP contribution is -2.25. The van der Waals surface area contributed by atoms with Crippen LogP contribution in [-0.4, -0.2) is 16.9 Å². The highest BCUT2D eigenvalue weighted by Crippen LogP contribution is 2.22. The molecule has 74 valence electrons. The van der Waals surface area contributed by atoms with E-state index in [0.29, 0.717) is 21.2 Å². The Morgan fingerprint density at radius 2 is 2.36 bits per heavy atom. The highest BCUT2D eigenvalue weighted by atomic mass is 79.9. The number of carbonyl (C=O) groups is 1. The van der Waals surface area contributed by atoms with Gasteiger partial charge in [-0.15, -0.1) is 0 Å². The van der Waals surface area contributed by atoms with Crippen molar-refractivity contribution in [3.05, 3.63) is 27.5 Å². The third-order valence-electron chi connectivity index (χ3n) is 1.96. The Morgan fingerprint density at radius 3 is 3.00 bits per heavy atom. The molecule has 1 aliphatic carbocycles. The van der Waals surface area contributed by atoms with E-state index in [2.05, 4.69) is 26.2 Å². The highest BCUT2D eigenvalue weighted by Gasteiger charge is 2.24. The quantitative estimate of drug-likeness (QED) is 0.842. The summed E-state index contributed by atoms with van der Waals surface area (Å²) in [6.07, 6.45) is 3.63. The van der Waals surface area contributed by atoms with Crippen molar-refractivity contribution in [2.24, 2.45) is 0 Å². The minimum atomic E-state index is -0.116. The van der Waals surface area contributed by atoms with Crippen molar-refractivity contribution < 1.29 is 4.79 Å². The molecule has 3 nitrogen and oxygen atoms in total. The molecule has 0 aliphatic heterocycles. The summed E-state index contributed by atoms with van der Waals surface area (Å²) >= 11 is 8.96. The van der Waals surface area contributed by atoms with E-state index in [9.17, 15) is 4.79 Å². The largest absolute Gasteiger partial charge is 0.349 e. The number of hydrogen-bond acceptors (Lipinski definition) is 2. The predicted molar refractivity (Wildman–Crippen MR) is 57.4 cm³/mol. The van der Waals surface area contributed by atoms with Crippen LogP contribution in [0.25, 0.3) is 0 Å². The van der Waals surface area contributed by atoms with Crippen molar-refractivity contribution in [3.8, 4) is 0 Å². The molecule has 1 aromatic heterocycles. The second kappa shape index (κ2) is 3.87. The molecule has 1 fully saturated rings. The van der Waals surface area contributed by atoms with E-state index in [0.717, 1.165) is 12.8 Å². The van der Waals surface area contributed by atoms with E-state index in [-0.39, 0.29) is 5.91 Å². The molecule has 1 N–H and O–H groups in total. The van der Waals surface area contributed by atoms with Gasteiger partial charge >= 0.3 is 0 Å². The maximum Gasteiger partial charge on any atom is 0.254 e. The summed E-state index contributed by atoms with van der Waals surface area (Å²) in [6, 6.07) is 1.95. The Labute approximate surface area is 95.0 Å². The van der Waals surface area contributed by atoms with Crippen LogP contribution in [0, 0.1) is 0 Å². The van der Waals surface area contributed by atoms with Crippen molar-refractivity contribution >= 4 is 33.4 Å². The fourth-order valence-corrected chi connectivity index (χ4v) is 1.63. The average Bonchev–Trinajstić information content (AvgIpc) is 2.93. The average molecular weight is 276 g/mol. The zero-order chi connectivity index (χ0) is 10.1. The fourth-order valence-electron chi connectivity index (χ4n) is 1.07. The normalized spacial score (nSPS) is 15.3. The van der Waals surface area contributed by atoms with E-state index >= 15 is 0 Å². The number of hydrogen-bond donors (Lipinski definition) is 1. The molecule has 0 unspecified atom stereocenters. The Morgan fingerprint density at radius 1 is 1.64 bits per heavy atom. The third-order valence-corrected chi connectivity index (χ3v) is 2.80. The molecule has 1 aliphatic rings. The van der Waals surface area contributed by atoms with Crippen molar-refractivity contribution in [1.29, 1.82) is 0 Å². The third kappa shape index (κ3) is 2.25. The van der Waals surface area contributed by atoms with Gasteiger partial charge in [-0.25, -0.2) is 4.98 Å². The first-order valence-electron chi connectivity index (χ1n) is 4.29. The molecule has 14 heavy (non-hydrogen) atoms. The van der Waals surface area contributed by atoms with Gasteiger partial charge in [0, 0.05) is 12.2 Å². The molecule has 1 aromatic rings. The Kier molecular flexibility index (Phi) is 2.74. The number of nitrogens with zero attached hydrogens (tertiary/aromatic N) is 1. The van der Waals surface area contributed by atoms with E-state index in [4.69, 9.17) is 11.6 Å². The monoisotopic (exact) mass is 274 g/mol. The fraction of sp³-hybridized carbons (Fsp3) is 0.333. The van der Waals surface area contributed by atoms with Gasteiger partial charge in [-0.05, 0) is 34.8 Å². The van der Waals surface area contributed by atoms with E-state index < -0.39 is 0 Å². The Bertz CT molecular complexity index is 379. The number of carbonyl (C=O) groups excluding carboxylic acids is 1. The molecule has 0 spiro atoms. The maximum atomic E-state index is 11.6. The van der Waals surface area contributed by atoms with Crippen LogP contribution in [0.3, 0.4) is 0 Å². The molecule has 5 heteroatoms. The van der Waals surface area contributed by atoms with Crippen molar-refractivity contribution in [2.45, 2.75) is 18.9 Å². The molecular weight excluding hydrogens is 267 g/mol. The summed E-state index contributed by atoms with van der Waals surface area (Å²) in [5, 5.41) is 3.34. The number of rotatable bonds is 2. The van der Waals surface area contributed by atoms with Gasteiger partial charge in [0.25, 0.3) is 5.91 Å². The molecule has 2 rings (SSSR count). The molecule has 0 bridgehead atoms. The Hall–Kier alpha value is -0.610. The van der Waals surface area contributed by atoms with Crippen molar-refractivity contribution in [2.75, 3.05) is 0 Å². The number of halogens is 2. The lowest BCUT2D eigenvalue weighted by atomic mass is 10.2. The molecule has 0 atom stereocenters. The van der Waals surface area contributed by atoms with Gasteiger partial charge in [0.15, 0.2) is 0 Å². The van der Waals surface area contributed by atoms with E-state index in [1.54, 1.807) is 6.07 Å². The second-order valence-electron chi connectivity index (χ2n) is 3.24. The number of aromatic nitrogens is 1. The molecule has 0 radical (unpaired) electrons. The zero-order valence-corrected chi connectivity index (χ0v) is 9.60. The van der Waals surface area contributed by atoms with Crippen LogP contribution in [0.5, 0.6) is 0 Å². The summed E-state index contributed by atoms with van der Waals surface area (Å²) in [5.41, 5.74) is 0.490. The molecule has 1 amide bonds. The van der Waals surface area contributed by atoms with Crippen LogP contribution in [0.2, 0.25) is 5.02 Å². The van der Waals surface area contributed by atoms with Crippen LogP contribution in [0.1, 0.15) is 23.2 Å². The van der Waals surface area contributed by atoms with Crippen LogP contribution >= 0.6 is 27.5 Å². The van der Waals surface area contributed by atoms with Gasteiger partial charge in [-0.1, -0.05) is 11.6 Å². The van der Waals surface area contributed by atoms with E-state index in [1.165, 1.54) is 6.20 Å². The minimum Gasteiger partial charge on any atom is -0.349 e. The lowest BCUT2D eigenvalue weighted by molar-refractivity contribution is 0.0950. The van der Waals surface area contributed by atoms with E-state index in [1.807, 2.05) is 0 Å². The Balaban J connectivity index is 2.20. The molecule has 0 aromatic carbocycles. The van der Waals surface area contributed by atoms with Crippen molar-refractivity contribution in [1.82, 2.24) is 10.3 Å². The number of nitrogens with one attached hydrogen (secondary N) is 1. The smallest absolute Gasteiger partial charge is 0.254 e. The highest BCUT2D eigenvalue weighted by molar-refractivity contribution is 9.10. The standard InChI is InChI=1S/C9H8BrClN2O/c10-8-7(3-5(11)4-12-8)9(14)13-6-1-2-6/h3-4,6H,1-2H2,(H,13,14). The molecule has 1 saturated carbocycles. The van der Waals surface area contributed by atoms with Crippen LogP contribution < -0.4 is 5.32 Å². The summed E-state index contributed by atoms with van der Waals surface area (Å²) in [7, 11) is 0. The topological polar surface area (TPSA) is 42.0 Å². The summed E-state index contributed by atoms with van der Waals surface area (Å²) in [5.74, 6) is -0.116. The first kappa shape index (κ1) is 9.93.